The summed E-state index contributed by atoms with van der Waals surface area (Å²) in [4.78, 5) is 12.0. The predicted octanol–water partition coefficient (Wildman–Crippen LogP) is 2.57. The van der Waals surface area contributed by atoms with Crippen molar-refractivity contribution >= 4 is 5.78 Å². The molecule has 0 aliphatic carbocycles. The normalized spacial score (nSPS) is 16.0. The van der Waals surface area contributed by atoms with Crippen molar-refractivity contribution in [3.63, 3.8) is 0 Å². The monoisotopic (exact) mass is 250 g/mol. The molecule has 1 aromatic rings. The van der Waals surface area contributed by atoms with Gasteiger partial charge in [-0.25, -0.2) is 0 Å². The van der Waals surface area contributed by atoms with E-state index in [0.717, 1.165) is 5.56 Å². The lowest BCUT2D eigenvalue weighted by molar-refractivity contribution is -0.137. The SMILES string of the molecule is CC[C@H](O)[C@H](C)C(=O)[C@H](C)OCc1ccccc1. The average Bonchev–Trinajstić information content (AvgIpc) is 2.43. The molecule has 0 aliphatic heterocycles. The third kappa shape index (κ3) is 4.24. The molecule has 0 radical (unpaired) electrons. The van der Waals surface area contributed by atoms with Crippen molar-refractivity contribution < 1.29 is 14.6 Å². The van der Waals surface area contributed by atoms with E-state index in [4.69, 9.17) is 4.74 Å². The van der Waals surface area contributed by atoms with E-state index in [0.29, 0.717) is 13.0 Å². The van der Waals surface area contributed by atoms with E-state index in [-0.39, 0.29) is 11.7 Å². The highest BCUT2D eigenvalue weighted by atomic mass is 16.5. The van der Waals surface area contributed by atoms with Crippen molar-refractivity contribution in [2.75, 3.05) is 0 Å². The smallest absolute Gasteiger partial charge is 0.166 e. The van der Waals surface area contributed by atoms with Crippen LogP contribution in [-0.4, -0.2) is 23.1 Å². The number of benzene rings is 1. The molecule has 3 nitrogen and oxygen atoms in total. The van der Waals surface area contributed by atoms with Crippen LogP contribution in [0, 0.1) is 5.92 Å². The van der Waals surface area contributed by atoms with Crippen molar-refractivity contribution in [1.29, 1.82) is 0 Å². The summed E-state index contributed by atoms with van der Waals surface area (Å²) >= 11 is 0. The molecule has 0 saturated heterocycles. The molecule has 1 rings (SSSR count). The third-order valence-corrected chi connectivity index (χ3v) is 3.19. The first kappa shape index (κ1) is 14.9. The molecular formula is C15H22O3. The molecule has 0 saturated carbocycles. The van der Waals surface area contributed by atoms with Gasteiger partial charge in [-0.3, -0.25) is 4.79 Å². The van der Waals surface area contributed by atoms with Crippen LogP contribution in [0.5, 0.6) is 0 Å². The van der Waals surface area contributed by atoms with Crippen molar-refractivity contribution in [2.24, 2.45) is 5.92 Å². The highest BCUT2D eigenvalue weighted by Crippen LogP contribution is 2.13. The summed E-state index contributed by atoms with van der Waals surface area (Å²) in [7, 11) is 0. The summed E-state index contributed by atoms with van der Waals surface area (Å²) < 4.78 is 5.54. The largest absolute Gasteiger partial charge is 0.392 e. The van der Waals surface area contributed by atoms with E-state index in [9.17, 15) is 9.90 Å². The Morgan fingerprint density at radius 3 is 2.44 bits per heavy atom. The third-order valence-electron chi connectivity index (χ3n) is 3.19. The van der Waals surface area contributed by atoms with Crippen molar-refractivity contribution in [1.82, 2.24) is 0 Å². The molecular weight excluding hydrogens is 228 g/mol. The second-order valence-electron chi connectivity index (χ2n) is 4.61. The summed E-state index contributed by atoms with van der Waals surface area (Å²) in [6.45, 7) is 5.77. The van der Waals surface area contributed by atoms with Crippen molar-refractivity contribution in [2.45, 2.75) is 46.0 Å². The van der Waals surface area contributed by atoms with Gasteiger partial charge in [0.05, 0.1) is 12.7 Å². The van der Waals surface area contributed by atoms with Crippen LogP contribution in [0.2, 0.25) is 0 Å². The van der Waals surface area contributed by atoms with Crippen LogP contribution in [0.4, 0.5) is 0 Å². The van der Waals surface area contributed by atoms with E-state index in [1.54, 1.807) is 13.8 Å². The minimum Gasteiger partial charge on any atom is -0.392 e. The number of hydrogen-bond acceptors (Lipinski definition) is 3. The van der Waals surface area contributed by atoms with Gasteiger partial charge in [-0.15, -0.1) is 0 Å². The Kier molecular flexibility index (Phi) is 6.02. The van der Waals surface area contributed by atoms with Gasteiger partial charge in [0, 0.05) is 5.92 Å². The Bertz CT molecular complexity index is 361. The topological polar surface area (TPSA) is 46.5 Å². The first-order valence-corrected chi connectivity index (χ1v) is 6.43. The van der Waals surface area contributed by atoms with Crippen molar-refractivity contribution in [3.8, 4) is 0 Å². The lowest BCUT2D eigenvalue weighted by atomic mass is 9.95. The van der Waals surface area contributed by atoms with Crippen molar-refractivity contribution in [3.05, 3.63) is 35.9 Å². The van der Waals surface area contributed by atoms with Crippen LogP contribution < -0.4 is 0 Å². The fourth-order valence-corrected chi connectivity index (χ4v) is 1.79. The lowest BCUT2D eigenvalue weighted by Crippen LogP contribution is -2.33. The lowest BCUT2D eigenvalue weighted by Gasteiger charge is -2.20. The number of hydrogen-bond donors (Lipinski definition) is 1. The molecule has 0 aliphatic rings. The van der Waals surface area contributed by atoms with Gasteiger partial charge in [-0.05, 0) is 18.9 Å². The fourth-order valence-electron chi connectivity index (χ4n) is 1.79. The number of carbonyl (C=O) groups is 1. The molecule has 0 aromatic heterocycles. The van der Waals surface area contributed by atoms with Gasteiger partial charge < -0.3 is 9.84 Å². The van der Waals surface area contributed by atoms with Crippen LogP contribution in [0.25, 0.3) is 0 Å². The Morgan fingerprint density at radius 2 is 1.89 bits per heavy atom. The van der Waals surface area contributed by atoms with Gasteiger partial charge in [-0.1, -0.05) is 44.2 Å². The van der Waals surface area contributed by atoms with E-state index in [1.807, 2.05) is 37.3 Å². The Morgan fingerprint density at radius 1 is 1.28 bits per heavy atom. The number of ketones is 1. The summed E-state index contributed by atoms with van der Waals surface area (Å²) in [5, 5.41) is 9.65. The average molecular weight is 250 g/mol. The first-order chi connectivity index (χ1) is 8.56. The molecule has 0 fully saturated rings. The highest BCUT2D eigenvalue weighted by Gasteiger charge is 2.25. The molecule has 3 atom stereocenters. The minimum atomic E-state index is -0.583. The zero-order valence-corrected chi connectivity index (χ0v) is 11.3. The maximum Gasteiger partial charge on any atom is 0.166 e. The number of aliphatic hydroxyl groups excluding tert-OH is 1. The molecule has 100 valence electrons. The summed E-state index contributed by atoms with van der Waals surface area (Å²) in [5.74, 6) is -0.416. The minimum absolute atomic E-state index is 0.0414. The van der Waals surface area contributed by atoms with E-state index in [2.05, 4.69) is 0 Å². The van der Waals surface area contributed by atoms with Crippen LogP contribution in [-0.2, 0) is 16.1 Å². The molecule has 3 heteroatoms. The number of aliphatic hydroxyl groups is 1. The second kappa shape index (κ2) is 7.29. The molecule has 18 heavy (non-hydrogen) atoms. The maximum absolute atomic E-state index is 12.0. The summed E-state index contributed by atoms with van der Waals surface area (Å²) in [6.07, 6.45) is -0.486. The summed E-state index contributed by atoms with van der Waals surface area (Å²) in [6, 6.07) is 9.74. The molecule has 0 spiro atoms. The van der Waals surface area contributed by atoms with Gasteiger partial charge in [0.25, 0.3) is 0 Å². The number of carbonyl (C=O) groups excluding carboxylic acids is 1. The fraction of sp³-hybridized carbons (Fsp3) is 0.533. The van der Waals surface area contributed by atoms with Gasteiger partial charge in [0.1, 0.15) is 6.10 Å². The van der Waals surface area contributed by atoms with Gasteiger partial charge in [0.15, 0.2) is 5.78 Å². The standard InChI is InChI=1S/C15H22O3/c1-4-14(16)11(2)15(17)12(3)18-10-13-8-6-5-7-9-13/h5-9,11-12,14,16H,4,10H2,1-3H3/t11-,12-,14-/m0/s1. The van der Waals surface area contributed by atoms with E-state index in [1.165, 1.54) is 0 Å². The van der Waals surface area contributed by atoms with Gasteiger partial charge >= 0.3 is 0 Å². The second-order valence-corrected chi connectivity index (χ2v) is 4.61. The molecule has 0 bridgehead atoms. The zero-order chi connectivity index (χ0) is 13.5. The van der Waals surface area contributed by atoms with Gasteiger partial charge in [0.2, 0.25) is 0 Å². The quantitative estimate of drug-likeness (QED) is 0.809. The molecule has 0 amide bonds. The zero-order valence-electron chi connectivity index (χ0n) is 11.3. The molecule has 1 aromatic carbocycles. The van der Waals surface area contributed by atoms with Crippen LogP contribution >= 0.6 is 0 Å². The number of ether oxygens (including phenoxy) is 1. The number of Topliss-reactive ketones (excluding diaryl/α,β-unsaturated/α-hetero) is 1. The van der Waals surface area contributed by atoms with Gasteiger partial charge in [-0.2, -0.15) is 0 Å². The first-order valence-electron chi connectivity index (χ1n) is 6.43. The molecule has 0 heterocycles. The van der Waals surface area contributed by atoms with E-state index >= 15 is 0 Å². The molecule has 0 unspecified atom stereocenters. The van der Waals surface area contributed by atoms with Crippen LogP contribution in [0.15, 0.2) is 30.3 Å². The summed E-state index contributed by atoms with van der Waals surface area (Å²) in [5.41, 5.74) is 1.04. The van der Waals surface area contributed by atoms with Crippen LogP contribution in [0.1, 0.15) is 32.8 Å². The predicted molar refractivity (Wildman–Crippen MR) is 71.2 cm³/mol. The Labute approximate surface area is 109 Å². The maximum atomic E-state index is 12.0. The molecule has 1 N–H and O–H groups in total. The number of rotatable bonds is 7. The Hall–Kier alpha value is -1.19. The van der Waals surface area contributed by atoms with Crippen LogP contribution in [0.3, 0.4) is 0 Å². The highest BCUT2D eigenvalue weighted by molar-refractivity contribution is 5.85. The Balaban J connectivity index is 2.45. The van der Waals surface area contributed by atoms with E-state index < -0.39 is 12.2 Å².